The average Bonchev–Trinajstić information content (AvgIpc) is 2.30. The fraction of sp³-hybridized carbons (Fsp3) is 0.625. The number of ether oxygens (including phenoxy) is 1. The molecular weight excluding hydrogens is 238 g/mol. The Hall–Kier alpha value is -1.06. The maximum Gasteiger partial charge on any atom is 0.124 e. The van der Waals surface area contributed by atoms with Crippen LogP contribution in [0.2, 0.25) is 0 Å². The second-order valence-corrected chi connectivity index (χ2v) is 5.88. The summed E-state index contributed by atoms with van der Waals surface area (Å²) in [5, 5.41) is 12.9. The van der Waals surface area contributed by atoms with Crippen molar-refractivity contribution in [2.24, 2.45) is 0 Å². The van der Waals surface area contributed by atoms with Gasteiger partial charge in [0.2, 0.25) is 0 Å². The molecule has 3 heteroatoms. The molecule has 1 aromatic rings. The van der Waals surface area contributed by atoms with E-state index in [1.165, 1.54) is 22.3 Å². The van der Waals surface area contributed by atoms with Gasteiger partial charge >= 0.3 is 0 Å². The summed E-state index contributed by atoms with van der Waals surface area (Å²) >= 11 is 0. The van der Waals surface area contributed by atoms with Crippen molar-refractivity contribution < 1.29 is 9.84 Å². The van der Waals surface area contributed by atoms with Crippen molar-refractivity contribution in [3.05, 3.63) is 28.3 Å². The molecule has 3 nitrogen and oxygen atoms in total. The molecule has 0 unspecified atom stereocenters. The molecule has 2 N–H and O–H groups in total. The summed E-state index contributed by atoms with van der Waals surface area (Å²) in [6, 6.07) is 2.20. The summed E-state index contributed by atoms with van der Waals surface area (Å²) in [7, 11) is 1.72. The Morgan fingerprint density at radius 2 is 1.84 bits per heavy atom. The van der Waals surface area contributed by atoms with Gasteiger partial charge in [0.15, 0.2) is 0 Å². The summed E-state index contributed by atoms with van der Waals surface area (Å²) in [4.78, 5) is 0. The van der Waals surface area contributed by atoms with Gasteiger partial charge in [-0.2, -0.15) is 0 Å². The fourth-order valence-electron chi connectivity index (χ4n) is 2.33. The van der Waals surface area contributed by atoms with E-state index < -0.39 is 5.60 Å². The SMILES string of the molecule is COc1c(C)cc(CCNCC(C)(C)O)c(C)c1C. The van der Waals surface area contributed by atoms with Crippen LogP contribution in [-0.2, 0) is 6.42 Å². The smallest absolute Gasteiger partial charge is 0.124 e. The third-order valence-electron chi connectivity index (χ3n) is 3.47. The van der Waals surface area contributed by atoms with Crippen LogP contribution >= 0.6 is 0 Å². The molecule has 0 aliphatic rings. The summed E-state index contributed by atoms with van der Waals surface area (Å²) in [5.74, 6) is 0.991. The van der Waals surface area contributed by atoms with E-state index in [0.717, 1.165) is 18.7 Å². The lowest BCUT2D eigenvalue weighted by Crippen LogP contribution is -2.35. The highest BCUT2D eigenvalue weighted by Crippen LogP contribution is 2.28. The third-order valence-corrected chi connectivity index (χ3v) is 3.47. The number of nitrogens with one attached hydrogen (secondary N) is 1. The van der Waals surface area contributed by atoms with Crippen LogP contribution in [0.1, 0.15) is 36.1 Å². The molecule has 0 amide bonds. The average molecular weight is 265 g/mol. The molecule has 0 spiro atoms. The molecule has 0 radical (unpaired) electrons. The third kappa shape index (κ3) is 4.51. The standard InChI is InChI=1S/C16H27NO2/c1-11-9-14(7-8-17-10-16(4,5)18)12(2)13(3)15(11)19-6/h9,17-18H,7-8,10H2,1-6H3. The van der Waals surface area contributed by atoms with E-state index in [9.17, 15) is 5.11 Å². The molecule has 0 aliphatic heterocycles. The Balaban J connectivity index is 2.70. The van der Waals surface area contributed by atoms with Gasteiger partial charge in [-0.15, -0.1) is 0 Å². The zero-order chi connectivity index (χ0) is 14.6. The maximum atomic E-state index is 9.65. The highest BCUT2D eigenvalue weighted by molar-refractivity contribution is 5.49. The van der Waals surface area contributed by atoms with Crippen molar-refractivity contribution in [3.8, 4) is 5.75 Å². The van der Waals surface area contributed by atoms with E-state index in [1.807, 2.05) is 13.8 Å². The fourth-order valence-corrected chi connectivity index (χ4v) is 2.33. The van der Waals surface area contributed by atoms with Crippen LogP contribution in [-0.4, -0.2) is 30.9 Å². The number of aliphatic hydroxyl groups is 1. The minimum atomic E-state index is -0.652. The van der Waals surface area contributed by atoms with Crippen molar-refractivity contribution in [2.75, 3.05) is 20.2 Å². The molecule has 1 aromatic carbocycles. The predicted molar refractivity (Wildman–Crippen MR) is 80.1 cm³/mol. The Morgan fingerprint density at radius 3 is 2.37 bits per heavy atom. The number of aryl methyl sites for hydroxylation is 1. The van der Waals surface area contributed by atoms with Gasteiger partial charge in [0, 0.05) is 6.54 Å². The van der Waals surface area contributed by atoms with E-state index in [4.69, 9.17) is 4.74 Å². The highest BCUT2D eigenvalue weighted by atomic mass is 16.5. The highest BCUT2D eigenvalue weighted by Gasteiger charge is 2.12. The summed E-state index contributed by atoms with van der Waals surface area (Å²) in [6.07, 6.45) is 0.966. The van der Waals surface area contributed by atoms with E-state index >= 15 is 0 Å². The van der Waals surface area contributed by atoms with Crippen molar-refractivity contribution >= 4 is 0 Å². The largest absolute Gasteiger partial charge is 0.496 e. The first-order chi connectivity index (χ1) is 8.76. The molecular formula is C16H27NO2. The van der Waals surface area contributed by atoms with Crippen LogP contribution in [0.5, 0.6) is 5.75 Å². The number of rotatable bonds is 6. The lowest BCUT2D eigenvalue weighted by atomic mass is 9.96. The molecule has 0 fully saturated rings. The first kappa shape index (κ1) is 16.0. The molecule has 0 bridgehead atoms. The minimum absolute atomic E-state index is 0.611. The quantitative estimate of drug-likeness (QED) is 0.777. The minimum Gasteiger partial charge on any atom is -0.496 e. The van der Waals surface area contributed by atoms with Gasteiger partial charge in [-0.1, -0.05) is 6.07 Å². The molecule has 0 saturated carbocycles. The number of hydrogen-bond acceptors (Lipinski definition) is 3. The van der Waals surface area contributed by atoms with Gasteiger partial charge in [-0.25, -0.2) is 0 Å². The first-order valence-corrected chi connectivity index (χ1v) is 6.83. The first-order valence-electron chi connectivity index (χ1n) is 6.83. The van der Waals surface area contributed by atoms with Crippen molar-refractivity contribution in [3.63, 3.8) is 0 Å². The zero-order valence-corrected chi connectivity index (χ0v) is 13.1. The summed E-state index contributed by atoms with van der Waals surface area (Å²) in [6.45, 7) is 11.4. The molecule has 0 aliphatic carbocycles. The van der Waals surface area contributed by atoms with E-state index in [-0.39, 0.29) is 0 Å². The van der Waals surface area contributed by atoms with Crippen LogP contribution in [0.4, 0.5) is 0 Å². The lowest BCUT2D eigenvalue weighted by Gasteiger charge is -2.19. The topological polar surface area (TPSA) is 41.5 Å². The Kier molecular flexibility index (Phi) is 5.39. The second-order valence-electron chi connectivity index (χ2n) is 5.88. The lowest BCUT2D eigenvalue weighted by molar-refractivity contribution is 0.0801. The van der Waals surface area contributed by atoms with Crippen LogP contribution in [0.15, 0.2) is 6.07 Å². The molecule has 0 heterocycles. The van der Waals surface area contributed by atoms with Crippen LogP contribution in [0.3, 0.4) is 0 Å². The summed E-state index contributed by atoms with van der Waals surface area (Å²) in [5.41, 5.74) is 4.40. The monoisotopic (exact) mass is 265 g/mol. The van der Waals surface area contributed by atoms with Crippen LogP contribution in [0.25, 0.3) is 0 Å². The molecule has 108 valence electrons. The normalized spacial score (nSPS) is 11.7. The Morgan fingerprint density at radius 1 is 1.21 bits per heavy atom. The van der Waals surface area contributed by atoms with Gasteiger partial charge in [-0.05, 0) is 69.8 Å². The number of methoxy groups -OCH3 is 1. The van der Waals surface area contributed by atoms with Crippen LogP contribution < -0.4 is 10.1 Å². The van der Waals surface area contributed by atoms with Crippen LogP contribution in [0, 0.1) is 20.8 Å². The van der Waals surface area contributed by atoms with E-state index in [2.05, 4.69) is 32.2 Å². The zero-order valence-electron chi connectivity index (χ0n) is 13.1. The summed E-state index contributed by atoms with van der Waals surface area (Å²) < 4.78 is 5.43. The molecule has 1 rings (SSSR count). The van der Waals surface area contributed by atoms with E-state index in [1.54, 1.807) is 7.11 Å². The van der Waals surface area contributed by atoms with Gasteiger partial charge in [-0.3, -0.25) is 0 Å². The maximum absolute atomic E-state index is 9.65. The molecule has 19 heavy (non-hydrogen) atoms. The van der Waals surface area contributed by atoms with Crippen molar-refractivity contribution in [1.82, 2.24) is 5.32 Å². The van der Waals surface area contributed by atoms with Gasteiger partial charge in [0.25, 0.3) is 0 Å². The second kappa shape index (κ2) is 6.40. The van der Waals surface area contributed by atoms with Crippen molar-refractivity contribution in [2.45, 2.75) is 46.6 Å². The predicted octanol–water partition coefficient (Wildman–Crippen LogP) is 2.52. The van der Waals surface area contributed by atoms with Gasteiger partial charge in [0.05, 0.1) is 12.7 Å². The molecule has 0 saturated heterocycles. The number of benzene rings is 1. The van der Waals surface area contributed by atoms with E-state index in [0.29, 0.717) is 6.54 Å². The van der Waals surface area contributed by atoms with Crippen molar-refractivity contribution in [1.29, 1.82) is 0 Å². The van der Waals surface area contributed by atoms with Gasteiger partial charge < -0.3 is 15.2 Å². The Labute approximate surface area is 117 Å². The van der Waals surface area contributed by atoms with Gasteiger partial charge in [0.1, 0.15) is 5.75 Å². The Bertz CT molecular complexity index is 433. The number of hydrogen-bond donors (Lipinski definition) is 2. The molecule has 0 aromatic heterocycles. The molecule has 0 atom stereocenters.